The van der Waals surface area contributed by atoms with Crippen molar-refractivity contribution in [3.05, 3.63) is 58.6 Å². The summed E-state index contributed by atoms with van der Waals surface area (Å²) in [6, 6.07) is 13.9. The van der Waals surface area contributed by atoms with Gasteiger partial charge in [-0.1, -0.05) is 40.0 Å². The lowest BCUT2D eigenvalue weighted by Gasteiger charge is -2.27. The third-order valence-electron chi connectivity index (χ3n) is 6.10. The molecule has 0 aliphatic heterocycles. The Labute approximate surface area is 180 Å². The van der Waals surface area contributed by atoms with Crippen molar-refractivity contribution >= 4 is 37.5 Å². The number of rotatable bonds is 6. The molecule has 3 atom stereocenters. The molecule has 154 valence electrons. The van der Waals surface area contributed by atoms with E-state index < -0.39 is 10.0 Å². The molecular formula is C22H25BrN2O3S. The van der Waals surface area contributed by atoms with Crippen LogP contribution in [0.2, 0.25) is 0 Å². The number of nitrogens with one attached hydrogen (secondary N) is 1. The summed E-state index contributed by atoms with van der Waals surface area (Å²) in [7, 11) is -3.87. The Morgan fingerprint density at radius 3 is 2.34 bits per heavy atom. The van der Waals surface area contributed by atoms with Crippen LogP contribution in [0.1, 0.15) is 31.2 Å². The SMILES string of the molecule is Cc1ccc(S(=O)(=O)N(CC(=O)N[C@H]2C[C@@H]3CC[C@H]2C3)c2ccc(Br)cc2)cc1. The zero-order chi connectivity index (χ0) is 20.6. The molecule has 4 rings (SSSR count). The van der Waals surface area contributed by atoms with Gasteiger partial charge in [0, 0.05) is 10.5 Å². The Morgan fingerprint density at radius 2 is 1.76 bits per heavy atom. The van der Waals surface area contributed by atoms with Gasteiger partial charge in [0.1, 0.15) is 6.54 Å². The number of carbonyl (C=O) groups is 1. The van der Waals surface area contributed by atoms with E-state index in [0.717, 1.165) is 22.9 Å². The van der Waals surface area contributed by atoms with Crippen LogP contribution in [0, 0.1) is 18.8 Å². The van der Waals surface area contributed by atoms with Gasteiger partial charge >= 0.3 is 0 Å². The van der Waals surface area contributed by atoms with E-state index in [9.17, 15) is 13.2 Å². The second-order valence-corrected chi connectivity index (χ2v) is 10.9. The van der Waals surface area contributed by atoms with Gasteiger partial charge in [0.15, 0.2) is 0 Å². The van der Waals surface area contributed by atoms with Crippen molar-refractivity contribution in [2.75, 3.05) is 10.8 Å². The van der Waals surface area contributed by atoms with E-state index in [1.54, 1.807) is 48.5 Å². The smallest absolute Gasteiger partial charge is 0.264 e. The van der Waals surface area contributed by atoms with Crippen LogP contribution in [0.5, 0.6) is 0 Å². The highest BCUT2D eigenvalue weighted by molar-refractivity contribution is 9.10. The standard InChI is InChI=1S/C22H25BrN2O3S/c1-15-2-10-20(11-3-15)29(27,28)25(19-8-6-18(23)7-9-19)14-22(26)24-21-13-16-4-5-17(21)12-16/h2-3,6-11,16-17,21H,4-5,12-14H2,1H3,(H,24,26)/t16-,17+,21+/m1/s1. The molecule has 29 heavy (non-hydrogen) atoms. The van der Waals surface area contributed by atoms with Crippen LogP contribution in [0.3, 0.4) is 0 Å². The van der Waals surface area contributed by atoms with Gasteiger partial charge in [0.25, 0.3) is 10.0 Å². The summed E-state index contributed by atoms with van der Waals surface area (Å²) < 4.78 is 28.8. The lowest BCUT2D eigenvalue weighted by Crippen LogP contribution is -2.46. The highest BCUT2D eigenvalue weighted by atomic mass is 79.9. The molecule has 2 aliphatic carbocycles. The lowest BCUT2D eigenvalue weighted by molar-refractivity contribution is -0.120. The van der Waals surface area contributed by atoms with Crippen molar-refractivity contribution in [3.63, 3.8) is 0 Å². The predicted octanol–water partition coefficient (Wildman–Crippen LogP) is 4.26. The number of amides is 1. The Hall–Kier alpha value is -1.86. The summed E-state index contributed by atoms with van der Waals surface area (Å²) in [4.78, 5) is 13.0. The van der Waals surface area contributed by atoms with Crippen LogP contribution in [0.4, 0.5) is 5.69 Å². The molecule has 2 saturated carbocycles. The number of hydrogen-bond donors (Lipinski definition) is 1. The largest absolute Gasteiger partial charge is 0.352 e. The Kier molecular flexibility index (Phi) is 5.71. The van der Waals surface area contributed by atoms with Crippen molar-refractivity contribution < 1.29 is 13.2 Å². The highest BCUT2D eigenvalue weighted by Crippen LogP contribution is 2.44. The number of sulfonamides is 1. The molecule has 2 bridgehead atoms. The van der Waals surface area contributed by atoms with E-state index >= 15 is 0 Å². The first kappa shape index (κ1) is 20.4. The summed E-state index contributed by atoms with van der Waals surface area (Å²) >= 11 is 3.38. The third-order valence-corrected chi connectivity index (χ3v) is 8.41. The average Bonchev–Trinajstić information content (AvgIpc) is 3.30. The number of hydrogen-bond acceptors (Lipinski definition) is 3. The Morgan fingerprint density at radius 1 is 1.07 bits per heavy atom. The van der Waals surface area contributed by atoms with Crippen molar-refractivity contribution in [2.24, 2.45) is 11.8 Å². The molecule has 0 unspecified atom stereocenters. The molecule has 0 spiro atoms. The van der Waals surface area contributed by atoms with Gasteiger partial charge < -0.3 is 5.32 Å². The first-order valence-corrected chi connectivity index (χ1v) is 12.2. The van der Waals surface area contributed by atoms with Gasteiger partial charge in [0.2, 0.25) is 5.91 Å². The van der Waals surface area contributed by atoms with Crippen molar-refractivity contribution in [3.8, 4) is 0 Å². The summed E-state index contributed by atoms with van der Waals surface area (Å²) in [5.41, 5.74) is 1.45. The minimum absolute atomic E-state index is 0.176. The second kappa shape index (κ2) is 8.11. The van der Waals surface area contributed by atoms with Crippen LogP contribution in [-0.2, 0) is 14.8 Å². The molecule has 7 heteroatoms. The van der Waals surface area contributed by atoms with Crippen LogP contribution < -0.4 is 9.62 Å². The number of carbonyl (C=O) groups excluding carboxylic acids is 1. The first-order valence-electron chi connectivity index (χ1n) is 9.97. The molecule has 1 amide bonds. The maximum Gasteiger partial charge on any atom is 0.264 e. The summed E-state index contributed by atoms with van der Waals surface area (Å²) in [6.45, 7) is 1.68. The predicted molar refractivity (Wildman–Crippen MR) is 117 cm³/mol. The van der Waals surface area contributed by atoms with Crippen molar-refractivity contribution in [1.82, 2.24) is 5.32 Å². The van der Waals surface area contributed by atoms with Gasteiger partial charge in [-0.15, -0.1) is 0 Å². The molecule has 1 N–H and O–H groups in total. The average molecular weight is 477 g/mol. The number of aryl methyl sites for hydroxylation is 1. The van der Waals surface area contributed by atoms with Crippen LogP contribution in [-0.4, -0.2) is 26.9 Å². The molecular weight excluding hydrogens is 452 g/mol. The zero-order valence-electron chi connectivity index (χ0n) is 16.3. The molecule has 0 aromatic heterocycles. The maximum absolute atomic E-state index is 13.4. The number of benzene rings is 2. The maximum atomic E-state index is 13.4. The number of nitrogens with zero attached hydrogens (tertiary/aromatic N) is 1. The molecule has 2 aromatic rings. The molecule has 0 saturated heterocycles. The van der Waals surface area contributed by atoms with E-state index in [4.69, 9.17) is 0 Å². The minimum atomic E-state index is -3.87. The molecule has 0 radical (unpaired) electrons. The molecule has 0 heterocycles. The number of fused-ring (bicyclic) bond motifs is 2. The monoisotopic (exact) mass is 476 g/mol. The molecule has 5 nitrogen and oxygen atoms in total. The van der Waals surface area contributed by atoms with Crippen molar-refractivity contribution in [1.29, 1.82) is 0 Å². The van der Waals surface area contributed by atoms with Crippen molar-refractivity contribution in [2.45, 2.75) is 43.5 Å². The van der Waals surface area contributed by atoms with Crippen LogP contribution >= 0.6 is 15.9 Å². The molecule has 2 fully saturated rings. The van der Waals surface area contributed by atoms with Crippen LogP contribution in [0.25, 0.3) is 0 Å². The zero-order valence-corrected chi connectivity index (χ0v) is 18.7. The second-order valence-electron chi connectivity index (χ2n) is 8.15. The van der Waals surface area contributed by atoms with E-state index in [1.165, 1.54) is 17.1 Å². The summed E-state index contributed by atoms with van der Waals surface area (Å²) in [5.74, 6) is 1.00. The van der Waals surface area contributed by atoms with Gasteiger partial charge in [-0.05, 0) is 74.4 Å². The fourth-order valence-corrected chi connectivity index (χ4v) is 6.25. The summed E-state index contributed by atoms with van der Waals surface area (Å²) in [6.07, 6.45) is 4.61. The Bertz CT molecular complexity index is 990. The minimum Gasteiger partial charge on any atom is -0.352 e. The highest BCUT2D eigenvalue weighted by Gasteiger charge is 2.40. The fourth-order valence-electron chi connectivity index (χ4n) is 4.56. The third kappa shape index (κ3) is 4.36. The normalized spacial score (nSPS) is 23.2. The van der Waals surface area contributed by atoms with Gasteiger partial charge in [0.05, 0.1) is 10.6 Å². The fraction of sp³-hybridized carbons (Fsp3) is 0.409. The van der Waals surface area contributed by atoms with Gasteiger partial charge in [-0.3, -0.25) is 9.10 Å². The first-order chi connectivity index (χ1) is 13.8. The van der Waals surface area contributed by atoms with E-state index in [-0.39, 0.29) is 23.4 Å². The number of halogens is 1. The number of anilines is 1. The quantitative estimate of drug-likeness (QED) is 0.677. The van der Waals surface area contributed by atoms with E-state index in [1.807, 2.05) is 6.92 Å². The van der Waals surface area contributed by atoms with E-state index in [2.05, 4.69) is 21.2 Å². The Balaban J connectivity index is 1.59. The van der Waals surface area contributed by atoms with Gasteiger partial charge in [-0.25, -0.2) is 8.42 Å². The van der Waals surface area contributed by atoms with E-state index in [0.29, 0.717) is 17.5 Å². The molecule has 2 aromatic carbocycles. The van der Waals surface area contributed by atoms with Crippen LogP contribution in [0.15, 0.2) is 57.9 Å². The topological polar surface area (TPSA) is 66.5 Å². The van der Waals surface area contributed by atoms with Gasteiger partial charge in [-0.2, -0.15) is 0 Å². The lowest BCUT2D eigenvalue weighted by atomic mass is 9.95. The molecule has 2 aliphatic rings. The summed E-state index contributed by atoms with van der Waals surface area (Å²) in [5, 5.41) is 3.10.